The van der Waals surface area contributed by atoms with Crippen LogP contribution < -0.4 is 0 Å². The highest BCUT2D eigenvalue weighted by Gasteiger charge is 2.06. The quantitative estimate of drug-likeness (QED) is 0.579. The van der Waals surface area contributed by atoms with Crippen LogP contribution >= 0.6 is 8.60 Å². The van der Waals surface area contributed by atoms with Gasteiger partial charge in [-0.05, 0) is 6.42 Å². The minimum Gasteiger partial charge on any atom is -0.394 e. The van der Waals surface area contributed by atoms with Crippen LogP contribution in [0.25, 0.3) is 0 Å². The molecule has 5 heteroatoms. The molecule has 0 heterocycles. The maximum absolute atomic E-state index is 10.3. The van der Waals surface area contributed by atoms with Crippen LogP contribution in [0.2, 0.25) is 0 Å². The zero-order valence-electron chi connectivity index (χ0n) is 5.07. The highest BCUT2D eigenvalue weighted by atomic mass is 31.2. The molecule has 0 aromatic rings. The second-order valence-electron chi connectivity index (χ2n) is 1.47. The lowest BCUT2D eigenvalue weighted by Gasteiger charge is -2.00. The molecule has 9 heavy (non-hydrogen) atoms. The van der Waals surface area contributed by atoms with Crippen molar-refractivity contribution < 1.29 is 19.1 Å². The van der Waals surface area contributed by atoms with Gasteiger partial charge in [-0.2, -0.15) is 0 Å². The third-order valence-corrected chi connectivity index (χ3v) is 1.00. The van der Waals surface area contributed by atoms with Crippen LogP contribution in [0.15, 0.2) is 0 Å². The van der Waals surface area contributed by atoms with E-state index in [-0.39, 0.29) is 6.42 Å². The normalized spacial score (nSPS) is 9.78. The van der Waals surface area contributed by atoms with E-state index in [0.717, 1.165) is 0 Å². The van der Waals surface area contributed by atoms with Crippen molar-refractivity contribution in [3.8, 4) is 0 Å². The van der Waals surface area contributed by atoms with Gasteiger partial charge in [0, 0.05) is 6.42 Å². The number of rotatable bonds is 3. The Bertz CT molecular complexity index is 92.6. The number of carbonyl (C=O) groups is 1. The van der Waals surface area contributed by atoms with Crippen LogP contribution in [0.5, 0.6) is 0 Å². The van der Waals surface area contributed by atoms with Gasteiger partial charge in [-0.25, -0.2) is 0 Å². The Labute approximate surface area is 54.5 Å². The zero-order valence-corrected chi connectivity index (χ0v) is 5.97. The predicted octanol–water partition coefficient (Wildman–Crippen LogP) is 0.541. The summed E-state index contributed by atoms with van der Waals surface area (Å²) in [5, 5.41) is 0. The van der Waals surface area contributed by atoms with Gasteiger partial charge in [-0.1, -0.05) is 6.92 Å². The van der Waals surface area contributed by atoms with Crippen LogP contribution in [0.4, 0.5) is 0 Å². The Morgan fingerprint density at radius 2 is 2.22 bits per heavy atom. The van der Waals surface area contributed by atoms with E-state index in [0.29, 0.717) is 6.42 Å². The van der Waals surface area contributed by atoms with Gasteiger partial charge >= 0.3 is 14.6 Å². The Balaban J connectivity index is 3.27. The third-order valence-electron chi connectivity index (χ3n) is 0.638. The lowest BCUT2D eigenvalue weighted by Crippen LogP contribution is -1.98. The largest absolute Gasteiger partial charge is 0.394 e. The van der Waals surface area contributed by atoms with Gasteiger partial charge in [0.2, 0.25) is 0 Å². The van der Waals surface area contributed by atoms with Crippen molar-refractivity contribution in [3.05, 3.63) is 0 Å². The maximum Gasteiger partial charge on any atom is 0.393 e. The van der Waals surface area contributed by atoms with Gasteiger partial charge in [-0.3, -0.25) is 4.79 Å². The van der Waals surface area contributed by atoms with Crippen LogP contribution in [-0.2, 0) is 9.32 Å². The predicted molar refractivity (Wildman–Crippen MR) is 32.4 cm³/mol. The Morgan fingerprint density at radius 3 is 2.56 bits per heavy atom. The number of hydrogen-bond donors (Lipinski definition) is 2. The molecule has 0 saturated carbocycles. The second kappa shape index (κ2) is 4.68. The first-order chi connectivity index (χ1) is 4.16. The summed E-state index contributed by atoms with van der Waals surface area (Å²) in [4.78, 5) is 26.6. The molecule has 0 fully saturated rings. The third kappa shape index (κ3) is 5.69. The molecule has 0 radical (unpaired) electrons. The summed E-state index contributed by atoms with van der Waals surface area (Å²) in [7, 11) is -2.50. The first-order valence-electron chi connectivity index (χ1n) is 2.55. The lowest BCUT2D eigenvalue weighted by molar-refractivity contribution is -0.134. The average molecular weight is 152 g/mol. The minimum atomic E-state index is -2.50. The molecular formula is C4H9O4P. The van der Waals surface area contributed by atoms with Gasteiger partial charge < -0.3 is 14.3 Å². The molecule has 0 aromatic heterocycles. The zero-order chi connectivity index (χ0) is 7.28. The molecule has 0 atom stereocenters. The molecule has 0 saturated heterocycles. The maximum atomic E-state index is 10.3. The van der Waals surface area contributed by atoms with E-state index in [1.165, 1.54) is 0 Å². The van der Waals surface area contributed by atoms with Gasteiger partial charge in [0.05, 0.1) is 0 Å². The smallest absolute Gasteiger partial charge is 0.393 e. The van der Waals surface area contributed by atoms with Crippen molar-refractivity contribution in [2.45, 2.75) is 19.8 Å². The molecule has 0 aliphatic heterocycles. The van der Waals surface area contributed by atoms with E-state index in [1.807, 2.05) is 0 Å². The van der Waals surface area contributed by atoms with E-state index in [9.17, 15) is 4.79 Å². The Kier molecular flexibility index (Phi) is 4.58. The van der Waals surface area contributed by atoms with Gasteiger partial charge in [0.15, 0.2) is 0 Å². The molecule has 0 amide bonds. The molecule has 4 nitrogen and oxygen atoms in total. The number of carbonyl (C=O) groups excluding carboxylic acids is 1. The van der Waals surface area contributed by atoms with Crippen molar-refractivity contribution in [1.82, 2.24) is 0 Å². The van der Waals surface area contributed by atoms with Crippen molar-refractivity contribution >= 4 is 14.6 Å². The molecule has 54 valence electrons. The molecule has 0 spiro atoms. The fourth-order valence-electron chi connectivity index (χ4n) is 0.341. The Hall–Kier alpha value is -0.180. The summed E-state index contributed by atoms with van der Waals surface area (Å²) in [5.74, 6) is -0.561. The fraction of sp³-hybridized carbons (Fsp3) is 0.750. The van der Waals surface area contributed by atoms with Crippen LogP contribution in [-0.4, -0.2) is 15.8 Å². The Morgan fingerprint density at radius 1 is 1.67 bits per heavy atom. The van der Waals surface area contributed by atoms with Gasteiger partial charge in [-0.15, -0.1) is 0 Å². The van der Waals surface area contributed by atoms with Gasteiger partial charge in [0.25, 0.3) is 0 Å². The first-order valence-corrected chi connectivity index (χ1v) is 3.72. The molecule has 0 unspecified atom stereocenters. The SMILES string of the molecule is CCCC(=O)OP(O)O. The van der Waals surface area contributed by atoms with Crippen molar-refractivity contribution in [2.24, 2.45) is 0 Å². The van der Waals surface area contributed by atoms with E-state index >= 15 is 0 Å². The standard InChI is InChI=1S/C4H9O4P/c1-2-3-4(5)8-9(6)7/h6-7H,2-3H2,1H3. The summed E-state index contributed by atoms with van der Waals surface area (Å²) in [6.45, 7) is 1.80. The highest BCUT2D eigenvalue weighted by molar-refractivity contribution is 7.40. The molecule has 0 aliphatic rings. The second-order valence-corrected chi connectivity index (χ2v) is 2.15. The lowest BCUT2D eigenvalue weighted by atomic mass is 10.4. The number of hydrogen-bond acceptors (Lipinski definition) is 4. The molecule has 0 bridgehead atoms. The van der Waals surface area contributed by atoms with Crippen molar-refractivity contribution in [3.63, 3.8) is 0 Å². The summed E-state index contributed by atoms with van der Waals surface area (Å²) in [5.41, 5.74) is 0. The molecule has 0 aliphatic carbocycles. The highest BCUT2D eigenvalue weighted by Crippen LogP contribution is 2.24. The summed E-state index contributed by atoms with van der Waals surface area (Å²) < 4.78 is 4.03. The summed E-state index contributed by atoms with van der Waals surface area (Å²) in [6.07, 6.45) is 0.891. The average Bonchev–Trinajstić information content (AvgIpc) is 1.63. The summed E-state index contributed by atoms with van der Waals surface area (Å²) >= 11 is 0. The summed E-state index contributed by atoms with van der Waals surface area (Å²) in [6, 6.07) is 0. The van der Waals surface area contributed by atoms with Crippen LogP contribution in [0.1, 0.15) is 19.8 Å². The first kappa shape index (κ1) is 8.82. The van der Waals surface area contributed by atoms with Crippen molar-refractivity contribution in [1.29, 1.82) is 0 Å². The topological polar surface area (TPSA) is 66.8 Å². The van der Waals surface area contributed by atoms with Crippen molar-refractivity contribution in [2.75, 3.05) is 0 Å². The van der Waals surface area contributed by atoms with Crippen LogP contribution in [0.3, 0.4) is 0 Å². The van der Waals surface area contributed by atoms with E-state index in [1.54, 1.807) is 6.92 Å². The minimum absolute atomic E-state index is 0.236. The van der Waals surface area contributed by atoms with E-state index < -0.39 is 14.6 Å². The fourth-order valence-corrected chi connectivity index (χ4v) is 0.614. The van der Waals surface area contributed by atoms with E-state index in [4.69, 9.17) is 9.79 Å². The molecular weight excluding hydrogens is 143 g/mol. The molecule has 2 N–H and O–H groups in total. The van der Waals surface area contributed by atoms with E-state index in [2.05, 4.69) is 4.52 Å². The van der Waals surface area contributed by atoms with Gasteiger partial charge in [0.1, 0.15) is 0 Å². The molecule has 0 rings (SSSR count). The van der Waals surface area contributed by atoms with Crippen LogP contribution in [0, 0.1) is 0 Å². The molecule has 0 aromatic carbocycles. The monoisotopic (exact) mass is 152 g/mol.